The van der Waals surface area contributed by atoms with Gasteiger partial charge in [-0.2, -0.15) is 0 Å². The van der Waals surface area contributed by atoms with Crippen molar-refractivity contribution in [3.05, 3.63) is 27.4 Å². The van der Waals surface area contributed by atoms with Gasteiger partial charge in [-0.1, -0.05) is 15.9 Å². The Kier molecular flexibility index (Phi) is 4.38. The lowest BCUT2D eigenvalue weighted by atomic mass is 10.0. The summed E-state index contributed by atoms with van der Waals surface area (Å²) in [7, 11) is 0. The van der Waals surface area contributed by atoms with Crippen LogP contribution >= 0.6 is 15.9 Å². The molecule has 1 aromatic rings. The van der Waals surface area contributed by atoms with Gasteiger partial charge in [0.25, 0.3) is 0 Å². The number of nitrogens with zero attached hydrogens (tertiary/aromatic N) is 2. The highest BCUT2D eigenvalue weighted by atomic mass is 79.9. The summed E-state index contributed by atoms with van der Waals surface area (Å²) in [5, 5.41) is 30.2. The van der Waals surface area contributed by atoms with E-state index >= 15 is 0 Å². The molecule has 0 radical (unpaired) electrons. The maximum Gasteiger partial charge on any atom is 0.314 e. The number of nitro groups is 1. The minimum atomic E-state index is -1.25. The third-order valence-electron chi connectivity index (χ3n) is 2.40. The highest BCUT2D eigenvalue weighted by molar-refractivity contribution is 9.09. The van der Waals surface area contributed by atoms with E-state index in [1.165, 1.54) is 13.1 Å². The van der Waals surface area contributed by atoms with Gasteiger partial charge in [0.1, 0.15) is 6.10 Å². The fourth-order valence-corrected chi connectivity index (χ4v) is 1.80. The number of halogens is 1. The first-order chi connectivity index (χ1) is 7.90. The Bertz CT molecular complexity index is 440. The molecule has 94 valence electrons. The van der Waals surface area contributed by atoms with E-state index in [1.54, 1.807) is 0 Å². The second kappa shape index (κ2) is 5.39. The average Bonchev–Trinajstić information content (AvgIpc) is 2.27. The van der Waals surface area contributed by atoms with Gasteiger partial charge in [-0.15, -0.1) is 0 Å². The molecule has 1 rings (SSSR count). The van der Waals surface area contributed by atoms with Crippen LogP contribution in [0, 0.1) is 17.0 Å². The maximum atomic E-state index is 10.8. The molecule has 0 bridgehead atoms. The van der Waals surface area contributed by atoms with Gasteiger partial charge in [0.05, 0.1) is 11.0 Å². The molecule has 0 saturated carbocycles. The van der Waals surface area contributed by atoms with Crippen LogP contribution in [-0.2, 0) is 0 Å². The topological polar surface area (TPSA) is 123 Å². The lowest BCUT2D eigenvalue weighted by Gasteiger charge is -2.17. The number of anilines is 1. The summed E-state index contributed by atoms with van der Waals surface area (Å²) in [6, 6.07) is 0. The van der Waals surface area contributed by atoms with Crippen LogP contribution in [0.15, 0.2) is 6.20 Å². The number of rotatable bonds is 4. The van der Waals surface area contributed by atoms with E-state index in [1.807, 2.05) is 0 Å². The number of aliphatic hydroxyl groups excluding tert-OH is 2. The Labute approximate surface area is 106 Å². The molecule has 2 unspecified atom stereocenters. The summed E-state index contributed by atoms with van der Waals surface area (Å²) in [6.07, 6.45) is -1.09. The Balaban J connectivity index is 3.28. The van der Waals surface area contributed by atoms with E-state index in [4.69, 9.17) is 5.73 Å². The van der Waals surface area contributed by atoms with E-state index in [0.29, 0.717) is 0 Å². The molecule has 0 aliphatic heterocycles. The highest BCUT2D eigenvalue weighted by Crippen LogP contribution is 2.31. The monoisotopic (exact) mass is 305 g/mol. The molecule has 0 aliphatic rings. The minimum absolute atomic E-state index is 0.145. The van der Waals surface area contributed by atoms with Gasteiger partial charge in [-0.3, -0.25) is 10.1 Å². The van der Waals surface area contributed by atoms with Gasteiger partial charge in [0.15, 0.2) is 0 Å². The zero-order valence-corrected chi connectivity index (χ0v) is 10.6. The molecule has 0 saturated heterocycles. The summed E-state index contributed by atoms with van der Waals surface area (Å²) < 4.78 is 0. The number of aromatic nitrogens is 1. The van der Waals surface area contributed by atoms with Crippen LogP contribution in [0.25, 0.3) is 0 Å². The molecular formula is C9H12BrN3O4. The normalized spacial score (nSPS) is 14.4. The van der Waals surface area contributed by atoms with Crippen LogP contribution in [0.5, 0.6) is 0 Å². The van der Waals surface area contributed by atoms with Gasteiger partial charge in [0, 0.05) is 22.7 Å². The first kappa shape index (κ1) is 13.8. The standard InChI is InChI=1S/C9H12BrN3O4/c1-4-5(8(15)6(14)2-10)3-12-9(11)7(4)13(16)17/h3,6,8,14-15H,2H2,1H3,(H2,11,12). The number of aliphatic hydroxyl groups is 2. The van der Waals surface area contributed by atoms with Crippen molar-refractivity contribution in [2.24, 2.45) is 0 Å². The van der Waals surface area contributed by atoms with E-state index < -0.39 is 17.1 Å². The highest BCUT2D eigenvalue weighted by Gasteiger charge is 2.26. The molecule has 2 atom stereocenters. The molecule has 0 spiro atoms. The number of alkyl halides is 1. The van der Waals surface area contributed by atoms with Gasteiger partial charge >= 0.3 is 5.69 Å². The predicted molar refractivity (Wildman–Crippen MR) is 64.8 cm³/mol. The van der Waals surface area contributed by atoms with Crippen LogP contribution < -0.4 is 5.73 Å². The van der Waals surface area contributed by atoms with E-state index in [0.717, 1.165) is 0 Å². The van der Waals surface area contributed by atoms with Gasteiger partial charge in [-0.25, -0.2) is 4.98 Å². The minimum Gasteiger partial charge on any atom is -0.389 e. The molecule has 17 heavy (non-hydrogen) atoms. The molecule has 0 aromatic carbocycles. The summed E-state index contributed by atoms with van der Waals surface area (Å²) in [5.41, 5.74) is 5.45. The average molecular weight is 306 g/mol. The number of nitrogens with two attached hydrogens (primary N) is 1. The van der Waals surface area contributed by atoms with Crippen molar-refractivity contribution >= 4 is 27.4 Å². The first-order valence-electron chi connectivity index (χ1n) is 4.71. The van der Waals surface area contributed by atoms with Crippen LogP contribution in [0.1, 0.15) is 17.2 Å². The third-order valence-corrected chi connectivity index (χ3v) is 3.06. The summed E-state index contributed by atoms with van der Waals surface area (Å²) >= 11 is 3.01. The zero-order valence-electron chi connectivity index (χ0n) is 9.00. The second-order valence-electron chi connectivity index (χ2n) is 3.50. The fourth-order valence-electron chi connectivity index (χ4n) is 1.45. The second-order valence-corrected chi connectivity index (χ2v) is 4.14. The number of hydrogen-bond donors (Lipinski definition) is 3. The van der Waals surface area contributed by atoms with Crippen LogP contribution in [-0.4, -0.2) is 31.6 Å². The quantitative estimate of drug-likeness (QED) is 0.427. The molecule has 0 aliphatic carbocycles. The smallest absolute Gasteiger partial charge is 0.314 e. The van der Waals surface area contributed by atoms with Crippen molar-refractivity contribution < 1.29 is 15.1 Å². The predicted octanol–water partition coefficient (Wildman–Crippen LogP) is 0.670. The van der Waals surface area contributed by atoms with Crippen molar-refractivity contribution in [2.45, 2.75) is 19.1 Å². The Morgan fingerprint density at radius 2 is 2.24 bits per heavy atom. The summed E-state index contributed by atoms with van der Waals surface area (Å²) in [4.78, 5) is 13.8. The van der Waals surface area contributed by atoms with E-state index in [9.17, 15) is 20.3 Å². The SMILES string of the molecule is Cc1c(C(O)C(O)CBr)cnc(N)c1[N+](=O)[O-]. The molecule has 0 amide bonds. The zero-order chi connectivity index (χ0) is 13.2. The van der Waals surface area contributed by atoms with Crippen molar-refractivity contribution in [1.29, 1.82) is 0 Å². The molecule has 8 heteroatoms. The van der Waals surface area contributed by atoms with Crippen LogP contribution in [0.3, 0.4) is 0 Å². The summed E-state index contributed by atoms with van der Waals surface area (Å²) in [5.74, 6) is -0.211. The lowest BCUT2D eigenvalue weighted by molar-refractivity contribution is -0.384. The Hall–Kier alpha value is -1.25. The third kappa shape index (κ3) is 2.71. The summed E-state index contributed by atoms with van der Waals surface area (Å²) in [6.45, 7) is 1.45. The van der Waals surface area contributed by atoms with E-state index in [2.05, 4.69) is 20.9 Å². The van der Waals surface area contributed by atoms with Crippen molar-refractivity contribution in [1.82, 2.24) is 4.98 Å². The number of hydrogen-bond acceptors (Lipinski definition) is 6. The van der Waals surface area contributed by atoms with Gasteiger partial charge < -0.3 is 15.9 Å². The number of nitrogen functional groups attached to an aromatic ring is 1. The van der Waals surface area contributed by atoms with Crippen molar-refractivity contribution in [2.75, 3.05) is 11.1 Å². The molecular weight excluding hydrogens is 294 g/mol. The van der Waals surface area contributed by atoms with Crippen LogP contribution in [0.4, 0.5) is 11.5 Å². The van der Waals surface area contributed by atoms with Gasteiger partial charge in [0.2, 0.25) is 5.82 Å². The Morgan fingerprint density at radius 3 is 2.71 bits per heavy atom. The lowest BCUT2D eigenvalue weighted by Crippen LogP contribution is -2.21. The van der Waals surface area contributed by atoms with Crippen molar-refractivity contribution in [3.8, 4) is 0 Å². The first-order valence-corrected chi connectivity index (χ1v) is 5.83. The molecule has 1 aromatic heterocycles. The maximum absolute atomic E-state index is 10.8. The van der Waals surface area contributed by atoms with Crippen molar-refractivity contribution in [3.63, 3.8) is 0 Å². The van der Waals surface area contributed by atoms with E-state index in [-0.39, 0.29) is 28.0 Å². The van der Waals surface area contributed by atoms with Crippen LogP contribution in [0.2, 0.25) is 0 Å². The fraction of sp³-hybridized carbons (Fsp3) is 0.444. The van der Waals surface area contributed by atoms with Gasteiger partial charge in [-0.05, 0) is 6.92 Å². The molecule has 0 fully saturated rings. The molecule has 4 N–H and O–H groups in total. The largest absolute Gasteiger partial charge is 0.389 e. The Morgan fingerprint density at radius 1 is 1.65 bits per heavy atom. The molecule has 7 nitrogen and oxygen atoms in total. The molecule has 1 heterocycles. The number of pyridine rings is 1.